The van der Waals surface area contributed by atoms with Crippen molar-refractivity contribution in [3.63, 3.8) is 0 Å². The van der Waals surface area contributed by atoms with Gasteiger partial charge in [0.2, 0.25) is 3.79 Å². The Morgan fingerprint density at radius 1 is 1.43 bits per heavy atom. The molecule has 0 spiro atoms. The molecule has 0 aliphatic rings. The first-order valence-electron chi connectivity index (χ1n) is 3.31. The predicted molar refractivity (Wildman–Crippen MR) is 54.9 cm³/mol. The van der Waals surface area contributed by atoms with Crippen molar-refractivity contribution in [1.82, 2.24) is 5.01 Å². The smallest absolute Gasteiger partial charge is 0.433 e. The van der Waals surface area contributed by atoms with Gasteiger partial charge in [0.15, 0.2) is 0 Å². The van der Waals surface area contributed by atoms with Crippen LogP contribution in [0.5, 0.6) is 0 Å². The van der Waals surface area contributed by atoms with E-state index in [9.17, 15) is 9.70 Å². The molecule has 0 bridgehead atoms. The summed E-state index contributed by atoms with van der Waals surface area (Å²) in [5.41, 5.74) is 0. The van der Waals surface area contributed by atoms with Gasteiger partial charge in [-0.3, -0.25) is 0 Å². The second-order valence-corrected chi connectivity index (χ2v) is 4.96. The third-order valence-electron chi connectivity index (χ3n) is 0.965. The lowest BCUT2D eigenvalue weighted by Crippen LogP contribution is -2.30. The first-order valence-corrected chi connectivity index (χ1v) is 4.98. The molecule has 5 nitrogen and oxygen atoms in total. The molecule has 0 radical (unpaired) electrons. The second-order valence-electron chi connectivity index (χ2n) is 2.06. The summed E-state index contributed by atoms with van der Waals surface area (Å²) in [6.07, 6.45) is -1.01. The average molecular weight is 284 g/mol. The number of carbonyl (C=O) groups excluding carboxylic acids is 1. The minimum atomic E-state index is -1.72. The van der Waals surface area contributed by atoms with Gasteiger partial charge in [-0.25, -0.2) is 4.79 Å². The number of ether oxygens (including phenoxy) is 1. The van der Waals surface area contributed by atoms with Crippen LogP contribution < -0.4 is 0 Å². The summed E-state index contributed by atoms with van der Waals surface area (Å²) >= 11 is 21.2. The number of nitrogens with zero attached hydrogens (tertiary/aromatic N) is 2. The molecule has 0 unspecified atom stereocenters. The molecule has 0 saturated heterocycles. The lowest BCUT2D eigenvalue weighted by atomic mass is 10.7. The topological polar surface area (TPSA) is 59.0 Å². The lowest BCUT2D eigenvalue weighted by Gasteiger charge is -2.14. The van der Waals surface area contributed by atoms with Crippen LogP contribution in [0.4, 0.5) is 4.79 Å². The van der Waals surface area contributed by atoms with Crippen LogP contribution in [0.3, 0.4) is 0 Å². The normalized spacial score (nSPS) is 10.9. The third kappa shape index (κ3) is 6.48. The van der Waals surface area contributed by atoms with Gasteiger partial charge in [-0.15, -0.1) is 16.5 Å². The van der Waals surface area contributed by atoms with Gasteiger partial charge in [-0.05, 0) is 0 Å². The molecule has 0 rings (SSSR count). The zero-order valence-electron chi connectivity index (χ0n) is 6.75. The molecule has 14 heavy (non-hydrogen) atoms. The Balaban J connectivity index is 3.99. The van der Waals surface area contributed by atoms with E-state index in [-0.39, 0.29) is 12.4 Å². The van der Waals surface area contributed by atoms with Gasteiger partial charge >= 0.3 is 6.09 Å². The zero-order chi connectivity index (χ0) is 11.2. The maximum absolute atomic E-state index is 11.0. The van der Waals surface area contributed by atoms with Crippen LogP contribution in [0.1, 0.15) is 0 Å². The standard InChI is InChI=1S/C5H6Cl4N2O3/c6-1-2-11(10-13)4(12)14-3-5(7,8)9/h1-3H2. The number of hydrogen-bond acceptors (Lipinski definition) is 4. The van der Waals surface area contributed by atoms with Gasteiger partial charge in [0.1, 0.15) is 6.61 Å². The van der Waals surface area contributed by atoms with Crippen molar-refractivity contribution in [2.24, 2.45) is 5.29 Å². The third-order valence-corrected chi connectivity index (χ3v) is 1.46. The van der Waals surface area contributed by atoms with Crippen LogP contribution in [-0.2, 0) is 4.74 Å². The number of halogens is 4. The van der Waals surface area contributed by atoms with E-state index in [0.29, 0.717) is 5.01 Å². The Kier molecular flexibility index (Phi) is 6.52. The van der Waals surface area contributed by atoms with Crippen molar-refractivity contribution >= 4 is 52.5 Å². The van der Waals surface area contributed by atoms with Gasteiger partial charge in [-0.2, -0.15) is 5.01 Å². The largest absolute Gasteiger partial charge is 0.444 e. The first kappa shape index (κ1) is 14.0. The summed E-state index contributed by atoms with van der Waals surface area (Å²) in [5, 5.41) is 2.86. The maximum atomic E-state index is 11.0. The molecule has 0 aromatic rings. The van der Waals surface area contributed by atoms with Crippen molar-refractivity contribution in [2.45, 2.75) is 3.79 Å². The SMILES string of the molecule is O=NN(CCCl)C(=O)OCC(Cl)(Cl)Cl. The van der Waals surface area contributed by atoms with Gasteiger partial charge in [-0.1, -0.05) is 34.8 Å². The molecule has 82 valence electrons. The van der Waals surface area contributed by atoms with Crippen LogP contribution in [0.2, 0.25) is 0 Å². The summed E-state index contributed by atoms with van der Waals surface area (Å²) in [7, 11) is 0. The van der Waals surface area contributed by atoms with E-state index in [2.05, 4.69) is 10.0 Å². The van der Waals surface area contributed by atoms with Gasteiger partial charge in [0.05, 0.1) is 11.8 Å². The lowest BCUT2D eigenvalue weighted by molar-refractivity contribution is 0.107. The van der Waals surface area contributed by atoms with Crippen LogP contribution in [-0.4, -0.2) is 33.9 Å². The molecule has 9 heteroatoms. The molecular weight excluding hydrogens is 278 g/mol. The molecule has 0 atom stereocenters. The van der Waals surface area contributed by atoms with Crippen molar-refractivity contribution < 1.29 is 9.53 Å². The predicted octanol–water partition coefficient (Wildman–Crippen LogP) is 2.72. The molecule has 0 N–H and O–H groups in total. The summed E-state index contributed by atoms with van der Waals surface area (Å²) in [4.78, 5) is 21.1. The molecular formula is C5H6Cl4N2O3. The summed E-state index contributed by atoms with van der Waals surface area (Å²) in [6, 6.07) is 0. The summed E-state index contributed by atoms with van der Waals surface area (Å²) in [6.45, 7) is -0.533. The minimum Gasteiger partial charge on any atom is -0.444 e. The summed E-state index contributed by atoms with van der Waals surface area (Å²) < 4.78 is 2.73. The van der Waals surface area contributed by atoms with Crippen molar-refractivity contribution in [1.29, 1.82) is 0 Å². The van der Waals surface area contributed by atoms with Crippen LogP contribution in [0.15, 0.2) is 5.29 Å². The highest BCUT2D eigenvalue weighted by Crippen LogP contribution is 2.26. The van der Waals surface area contributed by atoms with E-state index in [1.54, 1.807) is 0 Å². The van der Waals surface area contributed by atoms with Gasteiger partial charge < -0.3 is 4.74 Å². The van der Waals surface area contributed by atoms with E-state index in [1.807, 2.05) is 0 Å². The monoisotopic (exact) mass is 282 g/mol. The highest BCUT2D eigenvalue weighted by Gasteiger charge is 2.24. The Morgan fingerprint density at radius 3 is 2.36 bits per heavy atom. The Bertz CT molecular complexity index is 208. The molecule has 0 fully saturated rings. The quantitative estimate of drug-likeness (QED) is 0.453. The second kappa shape index (κ2) is 6.50. The van der Waals surface area contributed by atoms with Crippen LogP contribution in [0, 0.1) is 4.91 Å². The van der Waals surface area contributed by atoms with E-state index in [4.69, 9.17) is 46.4 Å². The molecule has 0 aromatic carbocycles. The van der Waals surface area contributed by atoms with E-state index < -0.39 is 16.5 Å². The molecule has 0 aromatic heterocycles. The zero-order valence-corrected chi connectivity index (χ0v) is 9.78. The first-order chi connectivity index (χ1) is 6.40. The molecule has 0 heterocycles. The molecule has 0 aliphatic carbocycles. The maximum Gasteiger partial charge on any atom is 0.433 e. The molecule has 1 amide bonds. The Labute approximate surface area is 100 Å². The van der Waals surface area contributed by atoms with E-state index >= 15 is 0 Å². The number of rotatable bonds is 4. The van der Waals surface area contributed by atoms with Gasteiger partial charge in [0.25, 0.3) is 0 Å². The summed E-state index contributed by atoms with van der Waals surface area (Å²) in [5.74, 6) is 0.0502. The number of amides is 1. The molecule has 0 aliphatic heterocycles. The number of nitroso groups, excluding NO2 is 1. The Morgan fingerprint density at radius 2 is 2.00 bits per heavy atom. The number of alkyl halides is 4. The van der Waals surface area contributed by atoms with Crippen LogP contribution >= 0.6 is 46.4 Å². The van der Waals surface area contributed by atoms with Crippen molar-refractivity contribution in [3.8, 4) is 0 Å². The fraction of sp³-hybridized carbons (Fsp3) is 0.800. The highest BCUT2D eigenvalue weighted by molar-refractivity contribution is 6.67. The van der Waals surface area contributed by atoms with E-state index in [1.165, 1.54) is 0 Å². The number of carbonyl (C=O) groups is 1. The molecule has 0 saturated carbocycles. The van der Waals surface area contributed by atoms with Crippen molar-refractivity contribution in [2.75, 3.05) is 19.0 Å². The van der Waals surface area contributed by atoms with Gasteiger partial charge in [0, 0.05) is 5.88 Å². The Hall–Kier alpha value is 0.0300. The number of hydrogen-bond donors (Lipinski definition) is 0. The van der Waals surface area contributed by atoms with Crippen LogP contribution in [0.25, 0.3) is 0 Å². The minimum absolute atomic E-state index is 0.0502. The fourth-order valence-electron chi connectivity index (χ4n) is 0.464. The van der Waals surface area contributed by atoms with Crippen molar-refractivity contribution in [3.05, 3.63) is 4.91 Å². The average Bonchev–Trinajstić information content (AvgIpc) is 2.09. The van der Waals surface area contributed by atoms with E-state index in [0.717, 1.165) is 0 Å². The highest BCUT2D eigenvalue weighted by atomic mass is 35.6. The fourth-order valence-corrected chi connectivity index (χ4v) is 0.787.